The number of benzene rings is 2. The molecular weight excluding hydrogens is 388 g/mol. The lowest BCUT2D eigenvalue weighted by Crippen LogP contribution is -2.23. The predicted octanol–water partition coefficient (Wildman–Crippen LogP) is 3.51. The third kappa shape index (κ3) is 5.12. The molecule has 0 N–H and O–H groups in total. The molecule has 0 aliphatic carbocycles. The zero-order valence-corrected chi connectivity index (χ0v) is 17.6. The molecule has 0 saturated carbocycles. The van der Waals surface area contributed by atoms with E-state index in [1.165, 1.54) is 16.9 Å². The lowest BCUT2D eigenvalue weighted by Gasteiger charge is -2.05. The van der Waals surface area contributed by atoms with E-state index in [9.17, 15) is 9.59 Å². The number of carbonyl (C=O) groups is 2. The maximum Gasteiger partial charge on any atom is 0.326 e. The summed E-state index contributed by atoms with van der Waals surface area (Å²) in [7, 11) is 1.60. The zero-order valence-electron chi connectivity index (χ0n) is 16.8. The van der Waals surface area contributed by atoms with Crippen molar-refractivity contribution in [3.8, 4) is 5.75 Å². The second kappa shape index (κ2) is 9.52. The monoisotopic (exact) mass is 412 g/mol. The van der Waals surface area contributed by atoms with Gasteiger partial charge in [0.2, 0.25) is 0 Å². The Morgan fingerprint density at radius 3 is 2.45 bits per heavy atom. The largest absolute Gasteiger partial charge is 0.497 e. The van der Waals surface area contributed by atoms with Crippen LogP contribution in [0.15, 0.2) is 47.5 Å². The first-order valence-electron chi connectivity index (χ1n) is 9.52. The van der Waals surface area contributed by atoms with Gasteiger partial charge < -0.3 is 14.0 Å². The normalized spacial score (nSPS) is 11.6. The molecule has 0 bridgehead atoms. The van der Waals surface area contributed by atoms with Gasteiger partial charge in [-0.05, 0) is 42.7 Å². The molecule has 1 heterocycles. The van der Waals surface area contributed by atoms with Gasteiger partial charge in [-0.1, -0.05) is 42.5 Å². The van der Waals surface area contributed by atoms with Crippen molar-refractivity contribution in [2.24, 2.45) is 4.99 Å². The van der Waals surface area contributed by atoms with Crippen LogP contribution in [0.25, 0.3) is 10.2 Å². The van der Waals surface area contributed by atoms with Crippen molar-refractivity contribution in [1.82, 2.24) is 4.57 Å². The van der Waals surface area contributed by atoms with E-state index in [0.29, 0.717) is 17.2 Å². The lowest BCUT2D eigenvalue weighted by molar-refractivity contribution is -0.143. The van der Waals surface area contributed by atoms with Crippen LogP contribution in [-0.4, -0.2) is 30.2 Å². The number of hydrogen-bond acceptors (Lipinski definition) is 5. The highest BCUT2D eigenvalue weighted by Gasteiger charge is 2.13. The fourth-order valence-electron chi connectivity index (χ4n) is 2.97. The topological polar surface area (TPSA) is 69.9 Å². The molecule has 1 amide bonds. The predicted molar refractivity (Wildman–Crippen MR) is 113 cm³/mol. The molecule has 0 spiro atoms. The number of ether oxygens (including phenoxy) is 2. The highest BCUT2D eigenvalue weighted by Crippen LogP contribution is 2.23. The molecule has 1 aromatic heterocycles. The maximum absolute atomic E-state index is 12.6. The SMILES string of the molecule is CCOC(=O)Cn1c(=NC(=O)Cc2ccc(CC)cc2)sc2cc(OC)ccc21. The Kier molecular flexibility index (Phi) is 6.82. The number of amides is 1. The molecule has 0 unspecified atom stereocenters. The van der Waals surface area contributed by atoms with E-state index in [4.69, 9.17) is 9.47 Å². The van der Waals surface area contributed by atoms with Crippen LogP contribution in [-0.2, 0) is 33.7 Å². The molecule has 0 aliphatic heterocycles. The summed E-state index contributed by atoms with van der Waals surface area (Å²) in [6, 6.07) is 13.5. The highest BCUT2D eigenvalue weighted by atomic mass is 32.1. The Balaban J connectivity index is 1.96. The van der Waals surface area contributed by atoms with Crippen molar-refractivity contribution in [2.75, 3.05) is 13.7 Å². The van der Waals surface area contributed by atoms with Crippen LogP contribution < -0.4 is 9.54 Å². The van der Waals surface area contributed by atoms with Gasteiger partial charge >= 0.3 is 5.97 Å². The van der Waals surface area contributed by atoms with Gasteiger partial charge in [0.25, 0.3) is 5.91 Å². The summed E-state index contributed by atoms with van der Waals surface area (Å²) in [6.07, 6.45) is 1.17. The molecule has 0 fully saturated rings. The van der Waals surface area contributed by atoms with Crippen LogP contribution in [0, 0.1) is 0 Å². The molecule has 7 heteroatoms. The van der Waals surface area contributed by atoms with Crippen molar-refractivity contribution in [3.63, 3.8) is 0 Å². The quantitative estimate of drug-likeness (QED) is 0.557. The molecule has 3 rings (SSSR count). The fraction of sp³-hybridized carbons (Fsp3) is 0.318. The first kappa shape index (κ1) is 20.8. The number of aromatic nitrogens is 1. The van der Waals surface area contributed by atoms with E-state index in [2.05, 4.69) is 11.9 Å². The second-order valence-corrected chi connectivity index (χ2v) is 7.47. The number of hydrogen-bond donors (Lipinski definition) is 0. The Hall–Kier alpha value is -2.93. The van der Waals surface area contributed by atoms with Crippen molar-refractivity contribution in [2.45, 2.75) is 33.2 Å². The number of methoxy groups -OCH3 is 1. The van der Waals surface area contributed by atoms with Gasteiger partial charge in [0.15, 0.2) is 4.80 Å². The summed E-state index contributed by atoms with van der Waals surface area (Å²) in [6.45, 7) is 4.15. The smallest absolute Gasteiger partial charge is 0.326 e. The van der Waals surface area contributed by atoms with Crippen molar-refractivity contribution >= 4 is 33.4 Å². The van der Waals surface area contributed by atoms with Crippen molar-refractivity contribution in [1.29, 1.82) is 0 Å². The Morgan fingerprint density at radius 2 is 1.79 bits per heavy atom. The Bertz CT molecular complexity index is 1080. The fourth-order valence-corrected chi connectivity index (χ4v) is 4.04. The van der Waals surface area contributed by atoms with E-state index < -0.39 is 0 Å². The van der Waals surface area contributed by atoms with E-state index in [-0.39, 0.29) is 24.8 Å². The molecule has 29 heavy (non-hydrogen) atoms. The van der Waals surface area contributed by atoms with Crippen LogP contribution in [0.3, 0.4) is 0 Å². The van der Waals surface area contributed by atoms with E-state index >= 15 is 0 Å². The summed E-state index contributed by atoms with van der Waals surface area (Å²) in [4.78, 5) is 29.4. The molecule has 6 nitrogen and oxygen atoms in total. The summed E-state index contributed by atoms with van der Waals surface area (Å²) < 4.78 is 13.0. The molecule has 0 saturated heterocycles. The van der Waals surface area contributed by atoms with Crippen LogP contribution in [0.2, 0.25) is 0 Å². The standard InChI is InChI=1S/C22H24N2O4S/c1-4-15-6-8-16(9-7-15)12-20(25)23-22-24(14-21(26)28-5-2)18-11-10-17(27-3)13-19(18)29-22/h6-11,13H,4-5,12,14H2,1-3H3. The number of aryl methyl sites for hydroxylation is 1. The summed E-state index contributed by atoms with van der Waals surface area (Å²) >= 11 is 1.35. The van der Waals surface area contributed by atoms with Gasteiger partial charge in [0.05, 0.1) is 30.4 Å². The number of esters is 1. The minimum Gasteiger partial charge on any atom is -0.497 e. The minimum absolute atomic E-state index is 0.00250. The van der Waals surface area contributed by atoms with Crippen LogP contribution in [0.5, 0.6) is 5.75 Å². The van der Waals surface area contributed by atoms with Crippen LogP contribution in [0.4, 0.5) is 0 Å². The summed E-state index contributed by atoms with van der Waals surface area (Å²) in [5.74, 6) is 0.0772. The van der Waals surface area contributed by atoms with Gasteiger partial charge in [-0.25, -0.2) is 0 Å². The van der Waals surface area contributed by atoms with Crippen molar-refractivity contribution in [3.05, 3.63) is 58.4 Å². The number of nitrogens with zero attached hydrogens (tertiary/aromatic N) is 2. The molecule has 0 radical (unpaired) electrons. The molecule has 152 valence electrons. The zero-order chi connectivity index (χ0) is 20.8. The maximum atomic E-state index is 12.6. The van der Waals surface area contributed by atoms with Gasteiger partial charge in [0, 0.05) is 0 Å². The number of rotatable bonds is 7. The van der Waals surface area contributed by atoms with Gasteiger partial charge in [0.1, 0.15) is 12.3 Å². The van der Waals surface area contributed by atoms with Crippen LogP contribution >= 0.6 is 11.3 Å². The highest BCUT2D eigenvalue weighted by molar-refractivity contribution is 7.16. The molecule has 2 aromatic carbocycles. The second-order valence-electron chi connectivity index (χ2n) is 6.46. The minimum atomic E-state index is -0.368. The molecule has 3 aromatic rings. The third-order valence-electron chi connectivity index (χ3n) is 4.49. The van der Waals surface area contributed by atoms with Crippen LogP contribution in [0.1, 0.15) is 25.0 Å². The summed E-state index contributed by atoms with van der Waals surface area (Å²) in [5.41, 5.74) is 2.95. The van der Waals surface area contributed by atoms with E-state index in [1.54, 1.807) is 18.6 Å². The third-order valence-corrected chi connectivity index (χ3v) is 5.53. The lowest BCUT2D eigenvalue weighted by atomic mass is 10.1. The first-order chi connectivity index (χ1) is 14.0. The number of fused-ring (bicyclic) bond motifs is 1. The summed E-state index contributed by atoms with van der Waals surface area (Å²) in [5, 5.41) is 0. The van der Waals surface area contributed by atoms with Gasteiger partial charge in [-0.2, -0.15) is 4.99 Å². The average Bonchev–Trinajstić information content (AvgIpc) is 3.04. The van der Waals surface area contributed by atoms with E-state index in [1.807, 2.05) is 42.5 Å². The van der Waals surface area contributed by atoms with E-state index in [0.717, 1.165) is 22.2 Å². The Morgan fingerprint density at radius 1 is 1.07 bits per heavy atom. The molecular formula is C22H24N2O4S. The van der Waals surface area contributed by atoms with Gasteiger partial charge in [-0.3, -0.25) is 9.59 Å². The number of carbonyl (C=O) groups excluding carboxylic acids is 2. The first-order valence-corrected chi connectivity index (χ1v) is 10.3. The average molecular weight is 413 g/mol. The Labute approximate surface area is 173 Å². The van der Waals surface area contributed by atoms with Gasteiger partial charge in [-0.15, -0.1) is 0 Å². The molecule has 0 aliphatic rings. The van der Waals surface area contributed by atoms with Crippen molar-refractivity contribution < 1.29 is 19.1 Å². The number of thiazole rings is 1. The molecule has 0 atom stereocenters.